The normalized spacial score (nSPS) is 15.4. The number of thiophene rings is 1. The molecule has 154 valence electrons. The van der Waals surface area contributed by atoms with Crippen LogP contribution in [0.25, 0.3) is 10.1 Å². The number of aliphatic hydroxyl groups is 1. The zero-order chi connectivity index (χ0) is 19.1. The van der Waals surface area contributed by atoms with Crippen LogP contribution in [0.1, 0.15) is 36.7 Å². The number of hydrogen-bond acceptors (Lipinski definition) is 4. The predicted molar refractivity (Wildman–Crippen MR) is 127 cm³/mol. The van der Waals surface area contributed by atoms with Gasteiger partial charge in [0.05, 0.1) is 0 Å². The Morgan fingerprint density at radius 2 is 2.00 bits per heavy atom. The minimum atomic E-state index is -0.581. The molecule has 1 atom stereocenters. The highest BCUT2D eigenvalue weighted by atomic mass is 127. The van der Waals surface area contributed by atoms with Crippen LogP contribution in [-0.2, 0) is 4.79 Å². The molecule has 6 nitrogen and oxygen atoms in total. The van der Waals surface area contributed by atoms with Gasteiger partial charge < -0.3 is 21.1 Å². The molecule has 0 bridgehead atoms. The summed E-state index contributed by atoms with van der Waals surface area (Å²) in [4.78, 5) is 16.9. The average Bonchev–Trinajstić information content (AvgIpc) is 3.06. The van der Waals surface area contributed by atoms with Gasteiger partial charge in [0.2, 0.25) is 5.91 Å². The van der Waals surface area contributed by atoms with Crippen molar-refractivity contribution in [1.82, 2.24) is 16.0 Å². The number of aliphatic imine (C=N–C) groups is 1. The van der Waals surface area contributed by atoms with E-state index in [0.29, 0.717) is 25.6 Å². The monoisotopic (exact) mass is 516 g/mol. The van der Waals surface area contributed by atoms with Crippen molar-refractivity contribution >= 4 is 57.3 Å². The molecule has 28 heavy (non-hydrogen) atoms. The fourth-order valence-corrected chi connectivity index (χ4v) is 4.05. The van der Waals surface area contributed by atoms with Gasteiger partial charge in [-0.15, -0.1) is 35.3 Å². The van der Waals surface area contributed by atoms with Gasteiger partial charge in [0.25, 0.3) is 0 Å². The topological polar surface area (TPSA) is 85.8 Å². The molecule has 1 aliphatic carbocycles. The maximum Gasteiger partial charge on any atom is 0.223 e. The summed E-state index contributed by atoms with van der Waals surface area (Å²) >= 11 is 1.61. The molecule has 1 aromatic heterocycles. The fourth-order valence-electron chi connectivity index (χ4n) is 3.00. The van der Waals surface area contributed by atoms with Crippen LogP contribution in [0.4, 0.5) is 0 Å². The van der Waals surface area contributed by atoms with Gasteiger partial charge in [0, 0.05) is 42.2 Å². The van der Waals surface area contributed by atoms with Crippen LogP contribution in [0.2, 0.25) is 0 Å². The molecule has 1 heterocycles. The zero-order valence-electron chi connectivity index (χ0n) is 16.1. The Labute approximate surface area is 187 Å². The van der Waals surface area contributed by atoms with Crippen LogP contribution in [-0.4, -0.2) is 43.7 Å². The van der Waals surface area contributed by atoms with E-state index in [2.05, 4.69) is 33.1 Å². The molecule has 1 aromatic carbocycles. The summed E-state index contributed by atoms with van der Waals surface area (Å²) in [5.41, 5.74) is 0. The van der Waals surface area contributed by atoms with Crippen molar-refractivity contribution in [2.45, 2.75) is 31.8 Å². The Bertz CT molecular complexity index is 758. The number of hydrogen-bond donors (Lipinski definition) is 4. The highest BCUT2D eigenvalue weighted by Crippen LogP contribution is 2.29. The molecule has 1 unspecified atom stereocenters. The second kappa shape index (κ2) is 11.6. The number of carbonyl (C=O) groups excluding carboxylic acids is 1. The van der Waals surface area contributed by atoms with Gasteiger partial charge in [-0.25, -0.2) is 0 Å². The molecule has 8 heteroatoms. The van der Waals surface area contributed by atoms with Gasteiger partial charge in [-0.2, -0.15) is 0 Å². The highest BCUT2D eigenvalue weighted by molar-refractivity contribution is 14.0. The van der Waals surface area contributed by atoms with Crippen molar-refractivity contribution in [3.8, 4) is 0 Å². The van der Waals surface area contributed by atoms with E-state index < -0.39 is 6.10 Å². The van der Waals surface area contributed by atoms with Crippen LogP contribution in [0, 0.1) is 5.92 Å². The molecule has 0 radical (unpaired) electrons. The first kappa shape index (κ1) is 22.9. The number of aliphatic hydroxyl groups excluding tert-OH is 1. The number of carbonyl (C=O) groups is 1. The Balaban J connectivity index is 0.00000280. The van der Waals surface area contributed by atoms with E-state index in [1.54, 1.807) is 18.4 Å². The molecule has 3 rings (SSSR count). The number of guanidine groups is 1. The summed E-state index contributed by atoms with van der Waals surface area (Å²) in [6.45, 7) is 1.78. The van der Waals surface area contributed by atoms with E-state index >= 15 is 0 Å². The smallest absolute Gasteiger partial charge is 0.223 e. The molecule has 2 aromatic rings. The van der Waals surface area contributed by atoms with Crippen LogP contribution in [0.15, 0.2) is 35.3 Å². The number of amides is 1. The van der Waals surface area contributed by atoms with Crippen molar-refractivity contribution in [3.63, 3.8) is 0 Å². The number of nitrogens with one attached hydrogen (secondary N) is 3. The van der Waals surface area contributed by atoms with Crippen molar-refractivity contribution in [2.24, 2.45) is 10.9 Å². The first-order chi connectivity index (χ1) is 13.2. The Kier molecular flexibility index (Phi) is 9.46. The van der Waals surface area contributed by atoms with Crippen molar-refractivity contribution in [2.75, 3.05) is 26.7 Å². The minimum absolute atomic E-state index is 0. The molecule has 0 saturated heterocycles. The summed E-state index contributed by atoms with van der Waals surface area (Å²) < 4.78 is 1.18. The van der Waals surface area contributed by atoms with E-state index in [-0.39, 0.29) is 35.8 Å². The summed E-state index contributed by atoms with van der Waals surface area (Å²) in [7, 11) is 1.71. The summed E-state index contributed by atoms with van der Waals surface area (Å²) in [5, 5.41) is 20.9. The van der Waals surface area contributed by atoms with E-state index in [9.17, 15) is 9.90 Å². The van der Waals surface area contributed by atoms with Gasteiger partial charge in [-0.05, 0) is 36.8 Å². The molecule has 1 saturated carbocycles. The lowest BCUT2D eigenvalue weighted by atomic mass is 9.85. The van der Waals surface area contributed by atoms with Crippen molar-refractivity contribution < 1.29 is 9.90 Å². The number of fused-ring (bicyclic) bond motifs is 1. The Morgan fingerprint density at radius 3 is 2.68 bits per heavy atom. The van der Waals surface area contributed by atoms with Gasteiger partial charge in [0.15, 0.2) is 5.96 Å². The standard InChI is InChI=1S/C20H28N4O2S.HI/c1-21-20(23-11-5-10-22-19(26)14-7-4-8-14)24-13-16(25)18-12-15-6-2-3-9-17(15)27-18;/h2-3,6,9,12,14,16,25H,4-5,7-8,10-11,13H2,1H3,(H,22,26)(H2,21,23,24);1H. The number of rotatable bonds is 8. The van der Waals surface area contributed by atoms with Crippen molar-refractivity contribution in [3.05, 3.63) is 35.2 Å². The maximum atomic E-state index is 11.8. The molecule has 4 N–H and O–H groups in total. The minimum Gasteiger partial charge on any atom is -0.386 e. The second-order valence-electron chi connectivity index (χ2n) is 6.85. The lowest BCUT2D eigenvalue weighted by molar-refractivity contribution is -0.127. The lowest BCUT2D eigenvalue weighted by Gasteiger charge is -2.24. The van der Waals surface area contributed by atoms with Gasteiger partial charge in [-0.3, -0.25) is 9.79 Å². The van der Waals surface area contributed by atoms with Crippen LogP contribution >= 0.6 is 35.3 Å². The predicted octanol–water partition coefficient (Wildman–Crippen LogP) is 3.02. The van der Waals surface area contributed by atoms with Gasteiger partial charge in [-0.1, -0.05) is 24.6 Å². The molecule has 1 amide bonds. The quantitative estimate of drug-likeness (QED) is 0.188. The van der Waals surface area contributed by atoms with E-state index in [0.717, 1.165) is 29.5 Å². The average molecular weight is 516 g/mol. The SMILES string of the molecule is CN=C(NCCCNC(=O)C1CCC1)NCC(O)c1cc2ccccc2s1.I. The number of nitrogens with zero attached hydrogens (tertiary/aromatic N) is 1. The van der Waals surface area contributed by atoms with Crippen LogP contribution in [0.5, 0.6) is 0 Å². The molecular formula is C20H29IN4O2S. The molecule has 0 spiro atoms. The fraction of sp³-hybridized carbons (Fsp3) is 0.500. The Morgan fingerprint density at radius 1 is 1.25 bits per heavy atom. The lowest BCUT2D eigenvalue weighted by Crippen LogP contribution is -2.41. The molecule has 0 aliphatic heterocycles. The summed E-state index contributed by atoms with van der Waals surface area (Å²) in [6, 6.07) is 10.2. The second-order valence-corrected chi connectivity index (χ2v) is 7.97. The van der Waals surface area contributed by atoms with Crippen LogP contribution in [0.3, 0.4) is 0 Å². The highest BCUT2D eigenvalue weighted by Gasteiger charge is 2.24. The zero-order valence-corrected chi connectivity index (χ0v) is 19.3. The van der Waals surface area contributed by atoms with Crippen LogP contribution < -0.4 is 16.0 Å². The third-order valence-electron chi connectivity index (χ3n) is 4.88. The first-order valence-electron chi connectivity index (χ1n) is 9.56. The van der Waals surface area contributed by atoms with E-state index in [4.69, 9.17) is 0 Å². The van der Waals surface area contributed by atoms with Crippen molar-refractivity contribution in [1.29, 1.82) is 0 Å². The third-order valence-corrected chi connectivity index (χ3v) is 6.10. The first-order valence-corrected chi connectivity index (χ1v) is 10.4. The largest absolute Gasteiger partial charge is 0.386 e. The molecule has 1 aliphatic rings. The summed E-state index contributed by atoms with van der Waals surface area (Å²) in [5.74, 6) is 1.08. The Hall–Kier alpha value is -1.39. The molecular weight excluding hydrogens is 487 g/mol. The van der Waals surface area contributed by atoms with Gasteiger partial charge in [0.1, 0.15) is 6.10 Å². The van der Waals surface area contributed by atoms with Gasteiger partial charge >= 0.3 is 0 Å². The maximum absolute atomic E-state index is 11.8. The van der Waals surface area contributed by atoms with E-state index in [1.165, 1.54) is 11.1 Å². The third kappa shape index (κ3) is 6.31. The number of benzene rings is 1. The van der Waals surface area contributed by atoms with E-state index in [1.807, 2.05) is 18.2 Å². The summed E-state index contributed by atoms with van der Waals surface area (Å²) in [6.07, 6.45) is 3.49. The molecule has 1 fully saturated rings. The number of halogens is 1.